The van der Waals surface area contributed by atoms with Crippen LogP contribution in [0, 0.1) is 23.2 Å². The van der Waals surface area contributed by atoms with Gasteiger partial charge >= 0.3 is 0 Å². The molecule has 0 radical (unpaired) electrons. The third-order valence-corrected chi connectivity index (χ3v) is 3.10. The van der Waals surface area contributed by atoms with Gasteiger partial charge in [0.15, 0.2) is 6.07 Å². The molecular weight excluding hydrogens is 220 g/mol. The van der Waals surface area contributed by atoms with Crippen molar-refractivity contribution >= 4 is 0 Å². The second-order valence-corrected chi connectivity index (χ2v) is 4.81. The van der Waals surface area contributed by atoms with Crippen LogP contribution in [0.3, 0.4) is 0 Å². The molecular formula is C16H28N2. The minimum Gasteiger partial charge on any atom is -0.292 e. The molecule has 0 saturated heterocycles. The van der Waals surface area contributed by atoms with Gasteiger partial charge in [-0.15, -0.1) is 0 Å². The Hall–Kier alpha value is -0.990. The molecule has 0 aliphatic carbocycles. The zero-order valence-corrected chi connectivity index (χ0v) is 12.2. The summed E-state index contributed by atoms with van der Waals surface area (Å²) in [6.07, 6.45) is 10.4. The minimum absolute atomic E-state index is 0.756. The molecule has 0 heterocycles. The van der Waals surface area contributed by atoms with Gasteiger partial charge in [0.1, 0.15) is 0 Å². The van der Waals surface area contributed by atoms with Gasteiger partial charge in [0.05, 0.1) is 6.54 Å². The van der Waals surface area contributed by atoms with Gasteiger partial charge in [-0.05, 0) is 25.9 Å². The van der Waals surface area contributed by atoms with E-state index in [1.807, 2.05) is 6.07 Å². The second kappa shape index (κ2) is 14.1. The molecule has 0 amide bonds. The second-order valence-electron chi connectivity index (χ2n) is 4.81. The van der Waals surface area contributed by atoms with Crippen molar-refractivity contribution in [3.8, 4) is 17.9 Å². The lowest BCUT2D eigenvalue weighted by atomic mass is 10.1. The van der Waals surface area contributed by atoms with Crippen LogP contribution in [0.25, 0.3) is 0 Å². The average Bonchev–Trinajstić information content (AvgIpc) is 2.39. The number of nitriles is 1. The number of hydrogen-bond acceptors (Lipinski definition) is 2. The lowest BCUT2D eigenvalue weighted by molar-refractivity contribution is 0.291. The maximum atomic E-state index is 8.43. The van der Waals surface area contributed by atoms with Gasteiger partial charge in [0, 0.05) is 5.92 Å². The highest BCUT2D eigenvalue weighted by atomic mass is 15.1. The van der Waals surface area contributed by atoms with Crippen molar-refractivity contribution in [2.24, 2.45) is 0 Å². The summed E-state index contributed by atoms with van der Waals surface area (Å²) in [5, 5.41) is 8.43. The third-order valence-electron chi connectivity index (χ3n) is 3.10. The monoisotopic (exact) mass is 248 g/mol. The molecule has 2 nitrogen and oxygen atoms in total. The molecule has 18 heavy (non-hydrogen) atoms. The molecule has 0 spiro atoms. The lowest BCUT2D eigenvalue weighted by Gasteiger charge is -2.19. The van der Waals surface area contributed by atoms with Crippen LogP contribution in [-0.4, -0.2) is 24.5 Å². The fourth-order valence-corrected chi connectivity index (χ4v) is 1.99. The highest BCUT2D eigenvalue weighted by Gasteiger charge is 2.02. The number of nitrogens with zero attached hydrogens (tertiary/aromatic N) is 2. The topological polar surface area (TPSA) is 27.0 Å². The molecule has 2 heteroatoms. The average molecular weight is 248 g/mol. The van der Waals surface area contributed by atoms with Crippen LogP contribution >= 0.6 is 0 Å². The van der Waals surface area contributed by atoms with E-state index in [4.69, 9.17) is 5.26 Å². The Balaban J connectivity index is 3.81. The van der Waals surface area contributed by atoms with E-state index in [0.717, 1.165) is 19.6 Å². The highest BCUT2D eigenvalue weighted by Crippen LogP contribution is 2.04. The maximum absolute atomic E-state index is 8.43. The lowest BCUT2D eigenvalue weighted by Crippen LogP contribution is -2.26. The number of unbranched alkanes of at least 4 members (excludes halogenated alkanes) is 6. The van der Waals surface area contributed by atoms with Crippen LogP contribution in [0.2, 0.25) is 0 Å². The van der Waals surface area contributed by atoms with Crippen LogP contribution in [0.1, 0.15) is 65.2 Å². The first kappa shape index (κ1) is 17.0. The first-order chi connectivity index (χ1) is 8.85. The van der Waals surface area contributed by atoms with Gasteiger partial charge < -0.3 is 0 Å². The fraction of sp³-hybridized carbons (Fsp3) is 0.812. The van der Waals surface area contributed by atoms with Crippen molar-refractivity contribution < 1.29 is 0 Å². The minimum atomic E-state index is 0.756. The van der Waals surface area contributed by atoms with Crippen molar-refractivity contribution in [3.63, 3.8) is 0 Å². The summed E-state index contributed by atoms with van der Waals surface area (Å²) < 4.78 is 0. The summed E-state index contributed by atoms with van der Waals surface area (Å²) in [5.74, 6) is 5.43. The molecule has 0 aromatic rings. The van der Waals surface area contributed by atoms with E-state index in [1.54, 1.807) is 0 Å². The van der Waals surface area contributed by atoms with Gasteiger partial charge in [-0.25, -0.2) is 0 Å². The molecule has 0 N–H and O–H groups in total. The number of rotatable bonds is 11. The normalized spacial score (nSPS) is 9.89. The first-order valence-corrected chi connectivity index (χ1v) is 7.44. The molecule has 0 fully saturated rings. The first-order valence-electron chi connectivity index (χ1n) is 7.44. The van der Waals surface area contributed by atoms with Gasteiger partial charge in [-0.1, -0.05) is 58.3 Å². The van der Waals surface area contributed by atoms with Gasteiger partial charge in [-0.3, -0.25) is 4.90 Å². The van der Waals surface area contributed by atoms with Gasteiger partial charge in [0.2, 0.25) is 0 Å². The van der Waals surface area contributed by atoms with Crippen molar-refractivity contribution in [1.82, 2.24) is 4.90 Å². The Labute approximate surface area is 113 Å². The predicted molar refractivity (Wildman–Crippen MR) is 78.1 cm³/mol. The zero-order chi connectivity index (χ0) is 13.5. The van der Waals surface area contributed by atoms with Crippen molar-refractivity contribution in [2.75, 3.05) is 19.6 Å². The van der Waals surface area contributed by atoms with Crippen LogP contribution in [0.15, 0.2) is 0 Å². The zero-order valence-electron chi connectivity index (χ0n) is 12.2. The van der Waals surface area contributed by atoms with E-state index in [0.29, 0.717) is 0 Å². The quantitative estimate of drug-likeness (QED) is 0.408. The SMILES string of the molecule is CCCCCCN(CC#CC#N)CCCCCC. The fourth-order valence-electron chi connectivity index (χ4n) is 1.99. The van der Waals surface area contributed by atoms with E-state index in [9.17, 15) is 0 Å². The summed E-state index contributed by atoms with van der Waals surface area (Å²) in [4.78, 5) is 2.40. The van der Waals surface area contributed by atoms with E-state index in [2.05, 4.69) is 30.6 Å². The molecule has 0 unspecified atom stereocenters. The van der Waals surface area contributed by atoms with Crippen molar-refractivity contribution in [2.45, 2.75) is 65.2 Å². The van der Waals surface area contributed by atoms with E-state index < -0.39 is 0 Å². The van der Waals surface area contributed by atoms with Crippen molar-refractivity contribution in [3.05, 3.63) is 0 Å². The summed E-state index contributed by atoms with van der Waals surface area (Å²) in [6, 6.07) is 1.89. The summed E-state index contributed by atoms with van der Waals surface area (Å²) >= 11 is 0. The molecule has 0 saturated carbocycles. The van der Waals surface area contributed by atoms with Crippen molar-refractivity contribution in [1.29, 1.82) is 5.26 Å². The Morgan fingerprint density at radius 2 is 1.39 bits per heavy atom. The summed E-state index contributed by atoms with van der Waals surface area (Å²) in [5.41, 5.74) is 0. The maximum Gasteiger partial charge on any atom is 0.152 e. The van der Waals surface area contributed by atoms with Crippen LogP contribution in [0.5, 0.6) is 0 Å². The van der Waals surface area contributed by atoms with E-state index in [-0.39, 0.29) is 0 Å². The third kappa shape index (κ3) is 11.5. The molecule has 0 bridgehead atoms. The van der Waals surface area contributed by atoms with E-state index in [1.165, 1.54) is 51.4 Å². The van der Waals surface area contributed by atoms with E-state index >= 15 is 0 Å². The molecule has 102 valence electrons. The molecule has 0 atom stereocenters. The smallest absolute Gasteiger partial charge is 0.152 e. The Kier molecular flexibility index (Phi) is 13.3. The van der Waals surface area contributed by atoms with Crippen LogP contribution < -0.4 is 0 Å². The van der Waals surface area contributed by atoms with Gasteiger partial charge in [0.25, 0.3) is 0 Å². The predicted octanol–water partition coefficient (Wildman–Crippen LogP) is 3.98. The molecule has 0 aromatic carbocycles. The molecule has 0 aliphatic heterocycles. The molecule has 0 aliphatic rings. The number of hydrogen-bond donors (Lipinski definition) is 0. The van der Waals surface area contributed by atoms with Crippen LogP contribution in [0.4, 0.5) is 0 Å². The summed E-state index contributed by atoms with van der Waals surface area (Å²) in [7, 11) is 0. The largest absolute Gasteiger partial charge is 0.292 e. The standard InChI is InChI=1S/C16H28N2/c1-3-5-7-10-14-18(16-12-9-13-17)15-11-8-6-4-2/h3-8,10-11,14-16H2,1-2H3. The molecule has 0 aromatic heterocycles. The highest BCUT2D eigenvalue weighted by molar-refractivity contribution is 5.17. The van der Waals surface area contributed by atoms with Gasteiger partial charge in [-0.2, -0.15) is 5.26 Å². The Morgan fingerprint density at radius 1 is 0.833 bits per heavy atom. The Bertz CT molecular complexity index is 255. The summed E-state index contributed by atoms with van der Waals surface area (Å²) in [6.45, 7) is 7.49. The molecule has 0 rings (SSSR count). The van der Waals surface area contributed by atoms with Crippen LogP contribution in [-0.2, 0) is 0 Å². The Morgan fingerprint density at radius 3 is 1.83 bits per heavy atom.